The Morgan fingerprint density at radius 2 is 1.54 bits per heavy atom. The summed E-state index contributed by atoms with van der Waals surface area (Å²) in [6.07, 6.45) is -0.576. The van der Waals surface area contributed by atoms with E-state index in [0.717, 1.165) is 27.5 Å². The van der Waals surface area contributed by atoms with Crippen LogP contribution in [0.15, 0.2) is 88.5 Å². The van der Waals surface area contributed by atoms with Gasteiger partial charge in [-0.3, -0.25) is 18.7 Å². The first-order valence-electron chi connectivity index (χ1n) is 12.8. The van der Waals surface area contributed by atoms with Gasteiger partial charge in [0, 0.05) is 35.1 Å². The fourth-order valence-electron chi connectivity index (χ4n) is 5.29. The predicted molar refractivity (Wildman–Crippen MR) is 150 cm³/mol. The molecular formula is C31H27N3O5. The molecule has 1 amide bonds. The number of amides is 1. The van der Waals surface area contributed by atoms with Crippen molar-refractivity contribution in [3.63, 3.8) is 0 Å². The van der Waals surface area contributed by atoms with Gasteiger partial charge in [0.1, 0.15) is 18.7 Å². The molecule has 1 N–H and O–H groups in total. The molecule has 1 aliphatic heterocycles. The van der Waals surface area contributed by atoms with E-state index in [-0.39, 0.29) is 30.9 Å². The van der Waals surface area contributed by atoms with Crippen molar-refractivity contribution in [1.82, 2.24) is 14.5 Å². The van der Waals surface area contributed by atoms with Gasteiger partial charge in [-0.15, -0.1) is 0 Å². The van der Waals surface area contributed by atoms with Gasteiger partial charge in [-0.05, 0) is 48.7 Å². The topological polar surface area (TPSA) is 91.6 Å². The van der Waals surface area contributed by atoms with Crippen LogP contribution < -0.4 is 21.2 Å². The van der Waals surface area contributed by atoms with E-state index < -0.39 is 12.1 Å². The van der Waals surface area contributed by atoms with Crippen molar-refractivity contribution in [3.05, 3.63) is 116 Å². The van der Waals surface area contributed by atoms with Crippen molar-refractivity contribution < 1.29 is 14.3 Å². The number of aryl methyl sites for hydroxylation is 2. The highest BCUT2D eigenvalue weighted by Gasteiger charge is 2.29. The molecule has 0 fully saturated rings. The van der Waals surface area contributed by atoms with Crippen LogP contribution in [0.5, 0.6) is 5.75 Å². The maximum absolute atomic E-state index is 13.4. The van der Waals surface area contributed by atoms with Crippen LogP contribution in [0.1, 0.15) is 22.7 Å². The molecule has 3 heterocycles. The minimum atomic E-state index is -0.576. The summed E-state index contributed by atoms with van der Waals surface area (Å²) in [5, 5.41) is 4.50. The number of pyridine rings is 2. The molecule has 39 heavy (non-hydrogen) atoms. The number of alkyl carbamates (subject to hydrolysis) is 1. The lowest BCUT2D eigenvalue weighted by Crippen LogP contribution is -2.40. The minimum absolute atomic E-state index is 0.139. The van der Waals surface area contributed by atoms with Crippen molar-refractivity contribution in [3.8, 4) is 11.4 Å². The molecular weight excluding hydrogens is 494 g/mol. The molecule has 1 unspecified atom stereocenters. The first kappa shape index (κ1) is 24.5. The largest absolute Gasteiger partial charge is 0.487 e. The summed E-state index contributed by atoms with van der Waals surface area (Å²) in [6.45, 7) is 4.22. The number of ether oxygens (including phenoxy) is 2. The number of carbonyl (C=O) groups excluding carboxylic acids is 1. The lowest BCUT2D eigenvalue weighted by molar-refractivity contribution is 0.135. The fourth-order valence-corrected chi connectivity index (χ4v) is 5.29. The van der Waals surface area contributed by atoms with E-state index in [1.165, 1.54) is 0 Å². The number of carbonyl (C=O) groups is 1. The SMILES string of the molecule is Cc1cc(=O)n(-c2ccccc2)c2c3c4c(cc12)c(C)cc(=O)n4C(CNC(=O)OCc1ccccc1)CO3. The van der Waals surface area contributed by atoms with Crippen LogP contribution in [0.4, 0.5) is 4.79 Å². The number of hydrogen-bond donors (Lipinski definition) is 1. The molecule has 2 aromatic heterocycles. The lowest BCUT2D eigenvalue weighted by atomic mass is 10.00. The van der Waals surface area contributed by atoms with Gasteiger partial charge < -0.3 is 14.8 Å². The molecule has 196 valence electrons. The standard InChI is InChI=1S/C31H27N3O5/c1-19-13-26(35)33(22-11-7-4-8-12-22)28-24(19)15-25-20(2)14-27(36)34-23(18-38-30(28)29(25)34)16-32-31(37)39-17-21-9-5-3-6-10-21/h3-15,23H,16-18H2,1-2H3,(H,32,37). The summed E-state index contributed by atoms with van der Waals surface area (Å²) >= 11 is 0. The Balaban J connectivity index is 1.44. The number of benzene rings is 3. The Kier molecular flexibility index (Phi) is 6.15. The van der Waals surface area contributed by atoms with Crippen LogP contribution in [0.3, 0.4) is 0 Å². The van der Waals surface area contributed by atoms with Crippen molar-refractivity contribution in [2.24, 2.45) is 0 Å². The molecule has 1 atom stereocenters. The van der Waals surface area contributed by atoms with Crippen LogP contribution in [-0.4, -0.2) is 28.4 Å². The van der Waals surface area contributed by atoms with E-state index in [2.05, 4.69) is 5.32 Å². The van der Waals surface area contributed by atoms with E-state index in [1.807, 2.05) is 80.6 Å². The van der Waals surface area contributed by atoms with Gasteiger partial charge in [0.15, 0.2) is 5.75 Å². The molecule has 0 bridgehead atoms. The normalized spacial score (nSPS) is 14.3. The first-order chi connectivity index (χ1) is 18.9. The van der Waals surface area contributed by atoms with E-state index in [1.54, 1.807) is 21.3 Å². The van der Waals surface area contributed by atoms with Gasteiger partial charge in [0.05, 0.1) is 11.6 Å². The van der Waals surface area contributed by atoms with E-state index in [9.17, 15) is 14.4 Å². The van der Waals surface area contributed by atoms with Gasteiger partial charge in [0.2, 0.25) is 0 Å². The highest BCUT2D eigenvalue weighted by molar-refractivity contribution is 6.05. The van der Waals surface area contributed by atoms with E-state index >= 15 is 0 Å². The molecule has 0 spiro atoms. The minimum Gasteiger partial charge on any atom is -0.487 e. The zero-order chi connectivity index (χ0) is 27.1. The highest BCUT2D eigenvalue weighted by atomic mass is 16.5. The second-order valence-corrected chi connectivity index (χ2v) is 9.78. The van der Waals surface area contributed by atoms with Gasteiger partial charge in [-0.1, -0.05) is 48.5 Å². The Bertz CT molecular complexity index is 1840. The summed E-state index contributed by atoms with van der Waals surface area (Å²) in [5.41, 5.74) is 4.07. The molecule has 0 saturated carbocycles. The van der Waals surface area contributed by atoms with Crippen molar-refractivity contribution >= 4 is 27.9 Å². The van der Waals surface area contributed by atoms with Crippen LogP contribution in [0.2, 0.25) is 0 Å². The molecule has 8 heteroatoms. The summed E-state index contributed by atoms with van der Waals surface area (Å²) in [4.78, 5) is 39.1. The number of nitrogens with one attached hydrogen (secondary N) is 1. The predicted octanol–water partition coefficient (Wildman–Crippen LogP) is 4.78. The fraction of sp³-hybridized carbons (Fsp3) is 0.194. The average molecular weight is 522 g/mol. The smallest absolute Gasteiger partial charge is 0.407 e. The average Bonchev–Trinajstić information content (AvgIpc) is 2.94. The van der Waals surface area contributed by atoms with Crippen LogP contribution in [0, 0.1) is 13.8 Å². The second kappa shape index (κ2) is 9.79. The Morgan fingerprint density at radius 3 is 2.26 bits per heavy atom. The van der Waals surface area contributed by atoms with Gasteiger partial charge >= 0.3 is 6.09 Å². The molecule has 6 rings (SSSR count). The first-order valence-corrected chi connectivity index (χ1v) is 12.8. The molecule has 0 aliphatic carbocycles. The Morgan fingerprint density at radius 1 is 0.897 bits per heavy atom. The van der Waals surface area contributed by atoms with E-state index in [4.69, 9.17) is 9.47 Å². The second-order valence-electron chi connectivity index (χ2n) is 9.78. The number of aromatic nitrogens is 2. The molecule has 3 aromatic carbocycles. The number of hydrogen-bond acceptors (Lipinski definition) is 5. The van der Waals surface area contributed by atoms with Crippen molar-refractivity contribution in [2.45, 2.75) is 26.5 Å². The highest BCUT2D eigenvalue weighted by Crippen LogP contribution is 2.40. The third-order valence-corrected chi connectivity index (χ3v) is 7.18. The molecule has 0 radical (unpaired) electrons. The van der Waals surface area contributed by atoms with Crippen LogP contribution in [-0.2, 0) is 11.3 Å². The summed E-state index contributed by atoms with van der Waals surface area (Å²) in [6, 6.07) is 23.6. The number of fused-ring (bicyclic) bond motifs is 2. The molecule has 1 aliphatic rings. The lowest BCUT2D eigenvalue weighted by Gasteiger charge is -2.30. The summed E-state index contributed by atoms with van der Waals surface area (Å²) < 4.78 is 15.0. The number of nitrogens with zero attached hydrogens (tertiary/aromatic N) is 2. The maximum Gasteiger partial charge on any atom is 0.407 e. The summed E-state index contributed by atoms with van der Waals surface area (Å²) in [7, 11) is 0. The van der Waals surface area contributed by atoms with Gasteiger partial charge in [-0.2, -0.15) is 0 Å². The van der Waals surface area contributed by atoms with E-state index in [0.29, 0.717) is 22.5 Å². The monoisotopic (exact) mass is 521 g/mol. The van der Waals surface area contributed by atoms with Crippen LogP contribution >= 0.6 is 0 Å². The Labute approximate surface area is 224 Å². The third-order valence-electron chi connectivity index (χ3n) is 7.18. The zero-order valence-electron chi connectivity index (χ0n) is 21.6. The van der Waals surface area contributed by atoms with Crippen LogP contribution in [0.25, 0.3) is 27.5 Å². The quantitative estimate of drug-likeness (QED) is 0.336. The number of para-hydroxylation sites is 1. The zero-order valence-corrected chi connectivity index (χ0v) is 21.6. The van der Waals surface area contributed by atoms with Crippen molar-refractivity contribution in [1.29, 1.82) is 0 Å². The van der Waals surface area contributed by atoms with Gasteiger partial charge in [-0.25, -0.2) is 4.79 Å². The van der Waals surface area contributed by atoms with Gasteiger partial charge in [0.25, 0.3) is 11.1 Å². The molecule has 5 aromatic rings. The molecule has 0 saturated heterocycles. The maximum atomic E-state index is 13.4. The number of rotatable bonds is 5. The Hall–Kier alpha value is -4.85. The van der Waals surface area contributed by atoms with Crippen molar-refractivity contribution in [2.75, 3.05) is 13.2 Å². The third kappa shape index (κ3) is 4.33. The molecule has 8 nitrogen and oxygen atoms in total. The summed E-state index contributed by atoms with van der Waals surface area (Å²) in [5.74, 6) is 0.482.